The molecule has 7 nitrogen and oxygen atoms in total. The van der Waals surface area contributed by atoms with Crippen LogP contribution in [0.5, 0.6) is 5.75 Å². The lowest BCUT2D eigenvalue weighted by molar-refractivity contribution is -0.677. The van der Waals surface area contributed by atoms with Crippen molar-refractivity contribution in [3.63, 3.8) is 0 Å². The zero-order valence-corrected chi connectivity index (χ0v) is 15.1. The van der Waals surface area contributed by atoms with E-state index in [1.807, 2.05) is 36.4 Å². The van der Waals surface area contributed by atoms with E-state index in [-0.39, 0.29) is 6.54 Å². The summed E-state index contributed by atoms with van der Waals surface area (Å²) in [5.41, 5.74) is 2.92. The molecule has 132 valence electrons. The Morgan fingerprint density at radius 1 is 1.27 bits per heavy atom. The van der Waals surface area contributed by atoms with Crippen molar-refractivity contribution in [1.29, 1.82) is 0 Å². The molecule has 0 aliphatic carbocycles. The van der Waals surface area contributed by atoms with Crippen LogP contribution in [0.2, 0.25) is 0 Å². The Balaban J connectivity index is 1.59. The average Bonchev–Trinajstić information content (AvgIpc) is 3.22. The minimum Gasteiger partial charge on any atom is -0.497 e. The van der Waals surface area contributed by atoms with Crippen LogP contribution in [0.4, 0.5) is 5.13 Å². The molecule has 0 unspecified atom stereocenters. The molecule has 0 fully saturated rings. The highest BCUT2D eigenvalue weighted by Gasteiger charge is 2.23. The van der Waals surface area contributed by atoms with E-state index in [1.54, 1.807) is 23.1 Å². The first-order chi connectivity index (χ1) is 12.6. The molecule has 0 spiro atoms. The minimum atomic E-state index is -0.426. The number of H-pyrrole nitrogens is 1. The number of aromatic nitrogens is 3. The number of nitrogens with zero attached hydrogens (tertiary/aromatic N) is 2. The van der Waals surface area contributed by atoms with Crippen molar-refractivity contribution in [2.75, 3.05) is 12.4 Å². The average molecular weight is 369 g/mol. The van der Waals surface area contributed by atoms with E-state index in [4.69, 9.17) is 9.26 Å². The predicted octanol–water partition coefficient (Wildman–Crippen LogP) is 2.78. The van der Waals surface area contributed by atoms with E-state index in [1.165, 1.54) is 5.56 Å². The summed E-state index contributed by atoms with van der Waals surface area (Å²) in [5, 5.41) is 6.60. The highest BCUT2D eigenvalue weighted by atomic mass is 32.1. The van der Waals surface area contributed by atoms with E-state index in [9.17, 15) is 4.79 Å². The third-order valence-electron chi connectivity index (χ3n) is 4.02. The number of aryl methyl sites for hydroxylation is 1. The number of hydrogen-bond acceptors (Lipinski definition) is 6. The zero-order chi connectivity index (χ0) is 18.1. The van der Waals surface area contributed by atoms with E-state index in [0.717, 1.165) is 26.8 Å². The monoisotopic (exact) mass is 369 g/mol. The molecule has 2 heterocycles. The summed E-state index contributed by atoms with van der Waals surface area (Å²) in [4.78, 5) is 16.6. The Kier molecular flexibility index (Phi) is 4.18. The molecule has 0 bridgehead atoms. The Hall–Kier alpha value is -3.13. The number of fused-ring (bicyclic) bond motifs is 1. The Morgan fingerprint density at radius 3 is 2.85 bits per heavy atom. The fourth-order valence-electron chi connectivity index (χ4n) is 2.65. The van der Waals surface area contributed by atoms with Gasteiger partial charge < -0.3 is 10.1 Å². The van der Waals surface area contributed by atoms with Gasteiger partial charge in [0.05, 0.1) is 17.3 Å². The summed E-state index contributed by atoms with van der Waals surface area (Å²) >= 11 is 1.55. The minimum absolute atomic E-state index is 0.288. The van der Waals surface area contributed by atoms with Gasteiger partial charge in [0.2, 0.25) is 5.69 Å². The highest BCUT2D eigenvalue weighted by Crippen LogP contribution is 2.26. The Morgan fingerprint density at radius 2 is 2.08 bits per heavy atom. The van der Waals surface area contributed by atoms with Gasteiger partial charge in [-0.1, -0.05) is 17.4 Å². The molecule has 4 rings (SSSR count). The summed E-state index contributed by atoms with van der Waals surface area (Å²) in [6.45, 7) is 2.34. The second kappa shape index (κ2) is 6.64. The lowest BCUT2D eigenvalue weighted by Crippen LogP contribution is -2.39. The SMILES string of the molecule is COc1ccc(-[n+]2[nH]oc(=O)c2CNc2nc3ccc(C)cc3s2)cc1. The van der Waals surface area contributed by atoms with Crippen LogP contribution in [0.3, 0.4) is 0 Å². The summed E-state index contributed by atoms with van der Waals surface area (Å²) in [5.74, 6) is 0.740. The molecule has 2 N–H and O–H groups in total. The lowest BCUT2D eigenvalue weighted by atomic mass is 10.2. The molecule has 0 saturated heterocycles. The molecule has 4 aromatic rings. The van der Waals surface area contributed by atoms with Crippen LogP contribution in [-0.2, 0) is 6.54 Å². The van der Waals surface area contributed by atoms with E-state index < -0.39 is 5.63 Å². The number of nitrogens with one attached hydrogen (secondary N) is 2. The van der Waals surface area contributed by atoms with Crippen molar-refractivity contribution in [3.8, 4) is 11.4 Å². The molecule has 0 aliphatic rings. The van der Waals surface area contributed by atoms with Crippen molar-refractivity contribution >= 4 is 26.7 Å². The zero-order valence-electron chi connectivity index (χ0n) is 14.3. The van der Waals surface area contributed by atoms with Gasteiger partial charge in [-0.15, -0.1) is 0 Å². The van der Waals surface area contributed by atoms with Crippen molar-refractivity contribution in [2.24, 2.45) is 0 Å². The Bertz CT molecular complexity index is 1110. The molecule has 8 heteroatoms. The summed E-state index contributed by atoms with van der Waals surface area (Å²) in [7, 11) is 1.61. The fraction of sp³-hybridized carbons (Fsp3) is 0.167. The van der Waals surface area contributed by atoms with Gasteiger partial charge in [0, 0.05) is 12.1 Å². The second-order valence-corrected chi connectivity index (χ2v) is 6.84. The third-order valence-corrected chi connectivity index (χ3v) is 4.99. The predicted molar refractivity (Wildman–Crippen MR) is 99.1 cm³/mol. The number of anilines is 1. The molecule has 0 amide bonds. The largest absolute Gasteiger partial charge is 0.497 e. The number of methoxy groups -OCH3 is 1. The molecule has 2 aromatic heterocycles. The summed E-state index contributed by atoms with van der Waals surface area (Å²) in [6, 6.07) is 13.4. The molecule has 26 heavy (non-hydrogen) atoms. The fourth-order valence-corrected chi connectivity index (χ4v) is 3.61. The van der Waals surface area contributed by atoms with E-state index in [2.05, 4.69) is 28.6 Å². The molecule has 0 aliphatic heterocycles. The van der Waals surface area contributed by atoms with Gasteiger partial charge in [-0.3, -0.25) is 4.52 Å². The topological polar surface area (TPSA) is 84.0 Å². The van der Waals surface area contributed by atoms with Crippen LogP contribution >= 0.6 is 11.3 Å². The molecule has 0 saturated carbocycles. The standard InChI is InChI=1S/C18H16N4O3S/c1-11-3-8-14-16(9-11)26-18(20-14)19-10-15-17(23)25-21-22(15)12-4-6-13(24-2)7-5-12/h3-9H,10H2,1-2H3,(H-,19,20,21,23)/p+1. The lowest BCUT2D eigenvalue weighted by Gasteiger charge is -1.99. The van der Waals surface area contributed by atoms with Gasteiger partial charge in [0.1, 0.15) is 12.3 Å². The normalized spacial score (nSPS) is 11.0. The summed E-state index contributed by atoms with van der Waals surface area (Å²) < 4.78 is 12.8. The van der Waals surface area contributed by atoms with Crippen molar-refractivity contribution in [1.82, 2.24) is 10.3 Å². The van der Waals surface area contributed by atoms with Crippen LogP contribution in [0.1, 0.15) is 11.3 Å². The van der Waals surface area contributed by atoms with Crippen LogP contribution in [0, 0.1) is 6.92 Å². The smallest absolute Gasteiger partial charge is 0.432 e. The van der Waals surface area contributed by atoms with Gasteiger partial charge in [0.25, 0.3) is 0 Å². The van der Waals surface area contributed by atoms with Crippen molar-refractivity contribution in [2.45, 2.75) is 13.5 Å². The Labute approximate surface area is 152 Å². The number of hydrogen-bond donors (Lipinski definition) is 2. The number of benzene rings is 2. The van der Waals surface area contributed by atoms with Crippen LogP contribution < -0.4 is 20.4 Å². The first-order valence-electron chi connectivity index (χ1n) is 8.02. The van der Waals surface area contributed by atoms with E-state index >= 15 is 0 Å². The molecule has 0 atom stereocenters. The highest BCUT2D eigenvalue weighted by molar-refractivity contribution is 7.22. The van der Waals surface area contributed by atoms with Crippen LogP contribution in [0.25, 0.3) is 15.9 Å². The van der Waals surface area contributed by atoms with E-state index in [0.29, 0.717) is 5.69 Å². The molecule has 2 aromatic carbocycles. The second-order valence-electron chi connectivity index (χ2n) is 5.80. The quantitative estimate of drug-likeness (QED) is 0.529. The maximum absolute atomic E-state index is 12.1. The first kappa shape index (κ1) is 16.3. The number of rotatable bonds is 5. The third kappa shape index (κ3) is 3.06. The number of aromatic amines is 1. The molecular formula is C18H17N4O3S+. The maximum atomic E-state index is 12.1. The van der Waals surface area contributed by atoms with Gasteiger partial charge in [-0.2, -0.15) is 0 Å². The van der Waals surface area contributed by atoms with Gasteiger partial charge >= 0.3 is 11.3 Å². The molecular weight excluding hydrogens is 352 g/mol. The van der Waals surface area contributed by atoms with Crippen molar-refractivity contribution < 1.29 is 13.9 Å². The van der Waals surface area contributed by atoms with Crippen LogP contribution in [-0.4, -0.2) is 17.4 Å². The van der Waals surface area contributed by atoms with Crippen LogP contribution in [0.15, 0.2) is 51.8 Å². The van der Waals surface area contributed by atoms with Gasteiger partial charge in [-0.05, 0) is 46.7 Å². The number of ether oxygens (including phenoxy) is 1. The maximum Gasteiger partial charge on any atom is 0.432 e. The van der Waals surface area contributed by atoms with Gasteiger partial charge in [-0.25, -0.2) is 9.78 Å². The first-order valence-corrected chi connectivity index (χ1v) is 8.83. The number of thiazole rings is 1. The van der Waals surface area contributed by atoms with Crippen molar-refractivity contribution in [3.05, 3.63) is 64.1 Å². The summed E-state index contributed by atoms with van der Waals surface area (Å²) in [6.07, 6.45) is 0. The van der Waals surface area contributed by atoms with Gasteiger partial charge in [0.15, 0.2) is 5.13 Å². The molecule has 0 radical (unpaired) electrons.